The van der Waals surface area contributed by atoms with Gasteiger partial charge in [-0.2, -0.15) is 0 Å². The van der Waals surface area contributed by atoms with E-state index in [1.54, 1.807) is 12.1 Å². The van der Waals surface area contributed by atoms with E-state index in [1.807, 2.05) is 51.1 Å². The van der Waals surface area contributed by atoms with Gasteiger partial charge in [0.15, 0.2) is 0 Å². The van der Waals surface area contributed by atoms with Crippen LogP contribution in [0, 0.1) is 12.8 Å². The molecule has 1 heterocycles. The number of carbonyl (C=O) groups excluding carboxylic acids is 1. The predicted molar refractivity (Wildman–Crippen MR) is 104 cm³/mol. The molecule has 0 saturated heterocycles. The lowest BCUT2D eigenvalue weighted by molar-refractivity contribution is 0.171. The van der Waals surface area contributed by atoms with Gasteiger partial charge >= 0.3 is 6.09 Å². The van der Waals surface area contributed by atoms with Crippen LogP contribution in [-0.4, -0.2) is 44.1 Å². The quantitative estimate of drug-likeness (QED) is 0.681. The normalized spacial score (nSPS) is 12.0. The van der Waals surface area contributed by atoms with Crippen LogP contribution in [0.2, 0.25) is 0 Å². The number of carbonyl (C=O) groups is 1. The number of tetrazole rings is 1. The third-order valence-corrected chi connectivity index (χ3v) is 4.40. The Labute approximate surface area is 163 Å². The van der Waals surface area contributed by atoms with Crippen LogP contribution in [0.4, 0.5) is 4.79 Å². The Morgan fingerprint density at radius 2 is 1.93 bits per heavy atom. The molecule has 8 heteroatoms. The maximum atomic E-state index is 12.3. The Balaban J connectivity index is 1.91. The number of amides is 1. The lowest BCUT2D eigenvalue weighted by atomic mass is 10.0. The molecule has 2 aromatic carbocycles. The minimum Gasteiger partial charge on any atom is -0.410 e. The van der Waals surface area contributed by atoms with Gasteiger partial charge in [0.05, 0.1) is 18.3 Å². The molecule has 0 aliphatic heterocycles. The lowest BCUT2D eigenvalue weighted by Crippen LogP contribution is -2.42. The van der Waals surface area contributed by atoms with Crippen molar-refractivity contribution in [3.8, 4) is 22.6 Å². The zero-order valence-corrected chi connectivity index (χ0v) is 16.0. The molecule has 0 saturated carbocycles. The van der Waals surface area contributed by atoms with E-state index < -0.39 is 6.09 Å². The zero-order valence-electron chi connectivity index (χ0n) is 16.0. The molecule has 1 atom stereocenters. The van der Waals surface area contributed by atoms with Gasteiger partial charge in [-0.3, -0.25) is 0 Å². The van der Waals surface area contributed by atoms with E-state index >= 15 is 0 Å². The Morgan fingerprint density at radius 1 is 1.18 bits per heavy atom. The summed E-state index contributed by atoms with van der Waals surface area (Å²) in [5.41, 5.74) is 3.65. The lowest BCUT2D eigenvalue weighted by Gasteiger charge is -2.19. The number of aromatic nitrogens is 4. The van der Waals surface area contributed by atoms with Gasteiger partial charge in [-0.1, -0.05) is 43.7 Å². The second kappa shape index (κ2) is 8.62. The van der Waals surface area contributed by atoms with Crippen molar-refractivity contribution in [2.24, 2.45) is 5.92 Å². The molecule has 0 spiro atoms. The van der Waals surface area contributed by atoms with Gasteiger partial charge < -0.3 is 15.2 Å². The molecule has 0 bridgehead atoms. The molecule has 3 aromatic rings. The highest BCUT2D eigenvalue weighted by Gasteiger charge is 2.17. The number of nitrogens with zero attached hydrogens (tertiary/aromatic N) is 4. The number of nitrogens with one attached hydrogen (secondary N) is 1. The first-order valence-electron chi connectivity index (χ1n) is 9.01. The van der Waals surface area contributed by atoms with Crippen LogP contribution >= 0.6 is 0 Å². The summed E-state index contributed by atoms with van der Waals surface area (Å²) in [6, 6.07) is 13.0. The zero-order chi connectivity index (χ0) is 20.1. The number of aliphatic hydroxyl groups is 1. The first-order valence-corrected chi connectivity index (χ1v) is 9.01. The van der Waals surface area contributed by atoms with Crippen molar-refractivity contribution in [3.05, 3.63) is 54.4 Å². The molecular formula is C20H23N5O3. The molecule has 1 aromatic heterocycles. The number of benzene rings is 2. The van der Waals surface area contributed by atoms with Crippen molar-refractivity contribution in [1.82, 2.24) is 25.5 Å². The smallest absolute Gasteiger partial charge is 0.410 e. The summed E-state index contributed by atoms with van der Waals surface area (Å²) >= 11 is 0. The SMILES string of the molecule is Cc1ccc(-c2cc(OC(=O)NC(CO)C(C)C)cc(-n3cnnn3)c2)cc1. The monoisotopic (exact) mass is 381 g/mol. The minimum atomic E-state index is -0.628. The molecule has 0 radical (unpaired) electrons. The molecule has 3 rings (SSSR count). The molecule has 1 amide bonds. The maximum Gasteiger partial charge on any atom is 0.412 e. The first-order chi connectivity index (χ1) is 13.5. The number of aryl methyl sites for hydroxylation is 1. The Kier molecular flexibility index (Phi) is 6.00. The third-order valence-electron chi connectivity index (χ3n) is 4.40. The Morgan fingerprint density at radius 3 is 2.54 bits per heavy atom. The fourth-order valence-electron chi connectivity index (χ4n) is 2.68. The highest BCUT2D eigenvalue weighted by Crippen LogP contribution is 2.28. The van der Waals surface area contributed by atoms with Gasteiger partial charge in [-0.15, -0.1) is 5.10 Å². The van der Waals surface area contributed by atoms with E-state index in [0.29, 0.717) is 11.4 Å². The van der Waals surface area contributed by atoms with Crippen LogP contribution in [0.25, 0.3) is 16.8 Å². The maximum absolute atomic E-state index is 12.3. The summed E-state index contributed by atoms with van der Waals surface area (Å²) in [5, 5.41) is 23.3. The second-order valence-electron chi connectivity index (χ2n) is 6.90. The van der Waals surface area contributed by atoms with E-state index in [4.69, 9.17) is 4.74 Å². The highest BCUT2D eigenvalue weighted by molar-refractivity contribution is 5.74. The molecular weight excluding hydrogens is 358 g/mol. The minimum absolute atomic E-state index is 0.0771. The van der Waals surface area contributed by atoms with Crippen LogP contribution in [0.5, 0.6) is 5.75 Å². The van der Waals surface area contributed by atoms with E-state index in [-0.39, 0.29) is 18.6 Å². The molecule has 0 aliphatic carbocycles. The number of aliphatic hydroxyl groups excluding tert-OH is 1. The average molecular weight is 381 g/mol. The molecule has 0 aliphatic rings. The summed E-state index contributed by atoms with van der Waals surface area (Å²) in [6.07, 6.45) is 0.843. The van der Waals surface area contributed by atoms with Crippen LogP contribution < -0.4 is 10.1 Å². The van der Waals surface area contributed by atoms with Crippen LogP contribution in [0.15, 0.2) is 48.8 Å². The average Bonchev–Trinajstić information content (AvgIpc) is 3.21. The molecule has 146 valence electrons. The first kappa shape index (κ1) is 19.5. The van der Waals surface area contributed by atoms with Crippen LogP contribution in [-0.2, 0) is 0 Å². The van der Waals surface area contributed by atoms with Crippen LogP contribution in [0.1, 0.15) is 19.4 Å². The number of hydrogen-bond acceptors (Lipinski definition) is 6. The summed E-state index contributed by atoms with van der Waals surface area (Å²) in [5.74, 6) is 0.426. The highest BCUT2D eigenvalue weighted by atomic mass is 16.6. The topological polar surface area (TPSA) is 102 Å². The molecule has 0 fully saturated rings. The summed E-state index contributed by atoms with van der Waals surface area (Å²) in [7, 11) is 0. The fourth-order valence-corrected chi connectivity index (χ4v) is 2.68. The Hall–Kier alpha value is -3.26. The molecule has 1 unspecified atom stereocenters. The summed E-state index contributed by atoms with van der Waals surface area (Å²) in [6.45, 7) is 5.68. The predicted octanol–water partition coefficient (Wildman–Crippen LogP) is 2.74. The van der Waals surface area contributed by atoms with E-state index in [1.165, 1.54) is 11.0 Å². The number of hydrogen-bond donors (Lipinski definition) is 2. The molecule has 28 heavy (non-hydrogen) atoms. The van der Waals surface area contributed by atoms with Gasteiger partial charge in [-0.05, 0) is 46.5 Å². The molecule has 8 nitrogen and oxygen atoms in total. The standard InChI is InChI=1S/C20H23N5O3/c1-13(2)19(11-26)22-20(27)28-18-9-16(15-6-4-14(3)5-7-15)8-17(10-18)25-12-21-23-24-25/h4-10,12-13,19,26H,11H2,1-3H3,(H,22,27). The van der Waals surface area contributed by atoms with Crippen molar-refractivity contribution < 1.29 is 14.6 Å². The summed E-state index contributed by atoms with van der Waals surface area (Å²) in [4.78, 5) is 12.3. The van der Waals surface area contributed by atoms with Crippen molar-refractivity contribution in [3.63, 3.8) is 0 Å². The fraction of sp³-hybridized carbons (Fsp3) is 0.300. The van der Waals surface area contributed by atoms with E-state index in [9.17, 15) is 9.90 Å². The number of rotatable bonds is 6. The van der Waals surface area contributed by atoms with E-state index in [0.717, 1.165) is 16.7 Å². The van der Waals surface area contributed by atoms with Gasteiger partial charge in [0.25, 0.3) is 0 Å². The van der Waals surface area contributed by atoms with Gasteiger partial charge in [0, 0.05) is 6.07 Å². The third kappa shape index (κ3) is 4.72. The summed E-state index contributed by atoms with van der Waals surface area (Å²) < 4.78 is 6.97. The van der Waals surface area contributed by atoms with Crippen molar-refractivity contribution in [2.75, 3.05) is 6.61 Å². The second-order valence-corrected chi connectivity index (χ2v) is 6.90. The largest absolute Gasteiger partial charge is 0.412 e. The van der Waals surface area contributed by atoms with Crippen molar-refractivity contribution >= 4 is 6.09 Å². The van der Waals surface area contributed by atoms with Gasteiger partial charge in [0.1, 0.15) is 12.1 Å². The molecule has 2 N–H and O–H groups in total. The van der Waals surface area contributed by atoms with Gasteiger partial charge in [0.2, 0.25) is 0 Å². The Bertz CT molecular complexity index is 924. The number of ether oxygens (including phenoxy) is 1. The van der Waals surface area contributed by atoms with Crippen molar-refractivity contribution in [1.29, 1.82) is 0 Å². The van der Waals surface area contributed by atoms with Crippen LogP contribution in [0.3, 0.4) is 0 Å². The van der Waals surface area contributed by atoms with E-state index in [2.05, 4.69) is 20.8 Å². The van der Waals surface area contributed by atoms with Crippen molar-refractivity contribution in [2.45, 2.75) is 26.8 Å². The van der Waals surface area contributed by atoms with Gasteiger partial charge in [-0.25, -0.2) is 9.48 Å².